The summed E-state index contributed by atoms with van der Waals surface area (Å²) in [6, 6.07) is 12.7. The molecule has 0 aliphatic carbocycles. The third kappa shape index (κ3) is 3.60. The van der Waals surface area contributed by atoms with Gasteiger partial charge in [-0.25, -0.2) is 13.1 Å². The molecule has 0 saturated carbocycles. The predicted molar refractivity (Wildman–Crippen MR) is 95.7 cm³/mol. The van der Waals surface area contributed by atoms with Crippen LogP contribution in [0.5, 0.6) is 5.75 Å². The lowest BCUT2D eigenvalue weighted by molar-refractivity contribution is 0.101. The zero-order chi connectivity index (χ0) is 18.7. The van der Waals surface area contributed by atoms with Crippen LogP contribution in [0, 0.1) is 0 Å². The number of carbonyl (C=O) groups excluding carboxylic acids is 1. The van der Waals surface area contributed by atoms with Gasteiger partial charge in [-0.3, -0.25) is 4.79 Å². The van der Waals surface area contributed by atoms with Gasteiger partial charge in [0, 0.05) is 5.56 Å². The smallest absolute Gasteiger partial charge is 0.264 e. The van der Waals surface area contributed by atoms with Gasteiger partial charge in [0.05, 0.1) is 23.8 Å². The Bertz CT molecular complexity index is 1020. The summed E-state index contributed by atoms with van der Waals surface area (Å²) in [5, 5.41) is 3.68. The van der Waals surface area contributed by atoms with Gasteiger partial charge < -0.3 is 9.26 Å². The maximum atomic E-state index is 12.6. The molecule has 0 spiro atoms. The fourth-order valence-corrected chi connectivity index (χ4v) is 3.34. The molecule has 0 atom stereocenters. The van der Waals surface area contributed by atoms with Crippen LogP contribution in [0.15, 0.2) is 64.1 Å². The number of ketones is 1. The van der Waals surface area contributed by atoms with E-state index in [1.165, 1.54) is 37.4 Å². The van der Waals surface area contributed by atoms with E-state index in [1.54, 1.807) is 31.4 Å². The van der Waals surface area contributed by atoms with Crippen LogP contribution in [-0.4, -0.2) is 26.5 Å². The monoisotopic (exact) mass is 372 g/mol. The molecule has 1 N–H and O–H groups in total. The molecule has 3 rings (SSSR count). The highest BCUT2D eigenvalue weighted by atomic mass is 32.2. The van der Waals surface area contributed by atoms with Gasteiger partial charge in [0.15, 0.2) is 5.78 Å². The Balaban J connectivity index is 1.88. The van der Waals surface area contributed by atoms with E-state index in [0.29, 0.717) is 16.9 Å². The normalized spacial score (nSPS) is 11.2. The molecule has 1 aromatic heterocycles. The molecule has 0 radical (unpaired) electrons. The average Bonchev–Trinajstić information content (AvgIpc) is 3.09. The predicted octanol–water partition coefficient (Wildman–Crippen LogP) is 3.35. The van der Waals surface area contributed by atoms with Crippen molar-refractivity contribution in [1.29, 1.82) is 0 Å². The second-order valence-corrected chi connectivity index (χ2v) is 7.17. The number of methoxy groups -OCH3 is 1. The molecule has 8 heteroatoms. The first-order valence-corrected chi connectivity index (χ1v) is 9.12. The van der Waals surface area contributed by atoms with Crippen molar-refractivity contribution >= 4 is 21.7 Å². The van der Waals surface area contributed by atoms with Crippen LogP contribution in [-0.2, 0) is 10.0 Å². The fraction of sp³-hybridized carbons (Fsp3) is 0.111. The largest absolute Gasteiger partial charge is 0.497 e. The minimum Gasteiger partial charge on any atom is -0.497 e. The van der Waals surface area contributed by atoms with Gasteiger partial charge in [-0.05, 0) is 36.8 Å². The number of nitrogens with zero attached hydrogens (tertiary/aromatic N) is 1. The number of ether oxygens (including phenoxy) is 1. The average molecular weight is 372 g/mol. The molecule has 0 unspecified atom stereocenters. The van der Waals surface area contributed by atoms with E-state index in [-0.39, 0.29) is 16.6 Å². The standard InChI is InChI=1S/C18H16N2O5S/c1-12(21)13-5-9-16(10-6-13)26(22,23)20-18-17(11-19-25-18)14-3-7-15(24-2)8-4-14/h3-11,20H,1-2H3. The van der Waals surface area contributed by atoms with E-state index in [4.69, 9.17) is 9.26 Å². The summed E-state index contributed by atoms with van der Waals surface area (Å²) >= 11 is 0. The summed E-state index contributed by atoms with van der Waals surface area (Å²) in [4.78, 5) is 11.3. The number of benzene rings is 2. The van der Waals surface area contributed by atoms with Crippen molar-refractivity contribution in [2.45, 2.75) is 11.8 Å². The Kier molecular flexibility index (Phi) is 4.77. The van der Waals surface area contributed by atoms with Gasteiger partial charge in [-0.15, -0.1) is 0 Å². The zero-order valence-corrected chi connectivity index (χ0v) is 14.9. The minimum atomic E-state index is -3.89. The Morgan fingerprint density at radius 1 is 1.08 bits per heavy atom. The van der Waals surface area contributed by atoms with Crippen LogP contribution in [0.2, 0.25) is 0 Å². The summed E-state index contributed by atoms with van der Waals surface area (Å²) in [6.45, 7) is 1.41. The van der Waals surface area contributed by atoms with Crippen LogP contribution in [0.25, 0.3) is 11.1 Å². The van der Waals surface area contributed by atoms with Crippen molar-refractivity contribution in [1.82, 2.24) is 5.16 Å². The molecule has 0 amide bonds. The highest BCUT2D eigenvalue weighted by Gasteiger charge is 2.20. The second-order valence-electron chi connectivity index (χ2n) is 5.48. The number of Topliss-reactive ketones (excluding diaryl/α,β-unsaturated/α-hetero) is 1. The lowest BCUT2D eigenvalue weighted by atomic mass is 10.1. The van der Waals surface area contributed by atoms with Gasteiger partial charge in [0.1, 0.15) is 5.75 Å². The summed E-state index contributed by atoms with van der Waals surface area (Å²) in [7, 11) is -2.33. The number of carbonyl (C=O) groups is 1. The van der Waals surface area contributed by atoms with Crippen LogP contribution >= 0.6 is 0 Å². The lowest BCUT2D eigenvalue weighted by Gasteiger charge is -2.08. The molecule has 7 nitrogen and oxygen atoms in total. The molecule has 3 aromatic rings. The van der Waals surface area contributed by atoms with E-state index in [1.807, 2.05) is 0 Å². The SMILES string of the molecule is COc1ccc(-c2cnoc2NS(=O)(=O)c2ccc(C(C)=O)cc2)cc1. The maximum absolute atomic E-state index is 12.6. The van der Waals surface area contributed by atoms with Crippen molar-refractivity contribution < 1.29 is 22.5 Å². The molecule has 0 aliphatic heterocycles. The first-order valence-electron chi connectivity index (χ1n) is 7.63. The van der Waals surface area contributed by atoms with E-state index >= 15 is 0 Å². The number of hydrogen-bond donors (Lipinski definition) is 1. The number of nitrogens with one attached hydrogen (secondary N) is 1. The lowest BCUT2D eigenvalue weighted by Crippen LogP contribution is -2.13. The molecule has 2 aromatic carbocycles. The van der Waals surface area contributed by atoms with Gasteiger partial charge in [0.25, 0.3) is 10.0 Å². The number of sulfonamides is 1. The van der Waals surface area contributed by atoms with Crippen LogP contribution in [0.3, 0.4) is 0 Å². The molecular formula is C18H16N2O5S. The Hall–Kier alpha value is -3.13. The van der Waals surface area contributed by atoms with Crippen LogP contribution in [0.4, 0.5) is 5.88 Å². The molecule has 0 bridgehead atoms. The molecule has 1 heterocycles. The quantitative estimate of drug-likeness (QED) is 0.666. The minimum absolute atomic E-state index is 0.00538. The van der Waals surface area contributed by atoms with Crippen molar-refractivity contribution in [2.75, 3.05) is 11.8 Å². The number of anilines is 1. The van der Waals surface area contributed by atoms with E-state index in [0.717, 1.165) is 5.56 Å². The molecule has 134 valence electrons. The van der Waals surface area contributed by atoms with Gasteiger partial charge in [-0.2, -0.15) is 0 Å². The third-order valence-corrected chi connectivity index (χ3v) is 5.12. The molecule has 0 saturated heterocycles. The number of rotatable bonds is 6. The van der Waals surface area contributed by atoms with E-state index in [2.05, 4.69) is 9.88 Å². The molecular weight excluding hydrogens is 356 g/mol. The zero-order valence-electron chi connectivity index (χ0n) is 14.1. The van der Waals surface area contributed by atoms with Gasteiger partial charge in [0.2, 0.25) is 5.88 Å². The first kappa shape index (κ1) is 17.7. The number of aromatic nitrogens is 1. The molecule has 26 heavy (non-hydrogen) atoms. The molecule has 0 fully saturated rings. The van der Waals surface area contributed by atoms with Gasteiger partial charge in [-0.1, -0.05) is 29.4 Å². The summed E-state index contributed by atoms with van der Waals surface area (Å²) < 4.78 is 37.7. The summed E-state index contributed by atoms with van der Waals surface area (Å²) in [6.07, 6.45) is 1.43. The van der Waals surface area contributed by atoms with E-state index in [9.17, 15) is 13.2 Å². The summed E-state index contributed by atoms with van der Waals surface area (Å²) in [5.41, 5.74) is 1.65. The van der Waals surface area contributed by atoms with Crippen molar-refractivity contribution in [3.05, 3.63) is 60.3 Å². The first-order chi connectivity index (χ1) is 12.4. The fourth-order valence-electron chi connectivity index (χ4n) is 2.34. The van der Waals surface area contributed by atoms with Crippen LogP contribution in [0.1, 0.15) is 17.3 Å². The third-order valence-electron chi connectivity index (χ3n) is 3.77. The van der Waals surface area contributed by atoms with Crippen molar-refractivity contribution in [2.24, 2.45) is 0 Å². The Morgan fingerprint density at radius 3 is 2.31 bits per heavy atom. The Labute approximate surface area is 150 Å². The highest BCUT2D eigenvalue weighted by Crippen LogP contribution is 2.30. The highest BCUT2D eigenvalue weighted by molar-refractivity contribution is 7.92. The Morgan fingerprint density at radius 2 is 1.73 bits per heavy atom. The second kappa shape index (κ2) is 7.01. The molecule has 0 aliphatic rings. The van der Waals surface area contributed by atoms with E-state index < -0.39 is 10.0 Å². The number of hydrogen-bond acceptors (Lipinski definition) is 6. The topological polar surface area (TPSA) is 98.5 Å². The maximum Gasteiger partial charge on any atom is 0.264 e. The van der Waals surface area contributed by atoms with Crippen molar-refractivity contribution in [3.8, 4) is 16.9 Å². The van der Waals surface area contributed by atoms with Crippen LogP contribution < -0.4 is 9.46 Å². The van der Waals surface area contributed by atoms with Gasteiger partial charge >= 0.3 is 0 Å². The van der Waals surface area contributed by atoms with Crippen molar-refractivity contribution in [3.63, 3.8) is 0 Å². The summed E-state index contributed by atoms with van der Waals surface area (Å²) in [5.74, 6) is 0.544.